The summed E-state index contributed by atoms with van der Waals surface area (Å²) in [5, 5.41) is 0. The van der Waals surface area contributed by atoms with Gasteiger partial charge in [0.05, 0.1) is 12.6 Å². The first-order valence-electron chi connectivity index (χ1n) is 21.2. The van der Waals surface area contributed by atoms with E-state index in [9.17, 15) is 9.59 Å². The maximum atomic E-state index is 12.2. The number of amides is 1. The normalized spacial score (nSPS) is 11.5. The van der Waals surface area contributed by atoms with Gasteiger partial charge in [0.15, 0.2) is 5.78 Å². The van der Waals surface area contributed by atoms with Gasteiger partial charge in [0.2, 0.25) is 5.91 Å². The summed E-state index contributed by atoms with van der Waals surface area (Å²) in [7, 11) is 0. The average molecular weight is 683 g/mol. The number of hydrogen-bond acceptors (Lipinski definition) is 5. The third kappa shape index (κ3) is 41.2. The lowest BCUT2D eigenvalue weighted by molar-refractivity contribution is -0.129. The van der Waals surface area contributed by atoms with Crippen LogP contribution in [0.3, 0.4) is 0 Å². The molecular formula is C42H90N4O2. The van der Waals surface area contributed by atoms with Crippen LogP contribution in [0.5, 0.6) is 0 Å². The van der Waals surface area contributed by atoms with Gasteiger partial charge in [-0.25, -0.2) is 0 Å². The largest absolute Gasteiger partial charge is 0.342 e. The summed E-state index contributed by atoms with van der Waals surface area (Å²) in [6.07, 6.45) is 36.5. The molecule has 0 aliphatic carbocycles. The van der Waals surface area contributed by atoms with Crippen molar-refractivity contribution in [3.05, 3.63) is 0 Å². The molecule has 0 spiro atoms. The summed E-state index contributed by atoms with van der Waals surface area (Å²) in [4.78, 5) is 25.5. The summed E-state index contributed by atoms with van der Waals surface area (Å²) in [5.74, 6) is 0.353. The predicted molar refractivity (Wildman–Crippen MR) is 214 cm³/mol. The molecule has 6 N–H and O–H groups in total. The van der Waals surface area contributed by atoms with Gasteiger partial charge < -0.3 is 22.1 Å². The number of ketones is 1. The summed E-state index contributed by atoms with van der Waals surface area (Å²) >= 11 is 0. The van der Waals surface area contributed by atoms with Crippen molar-refractivity contribution in [3.63, 3.8) is 0 Å². The second-order valence-electron chi connectivity index (χ2n) is 14.5. The highest BCUT2D eigenvalue weighted by Gasteiger charge is 2.15. The Balaban J connectivity index is -0.00000112. The summed E-state index contributed by atoms with van der Waals surface area (Å²) in [5.41, 5.74) is 16.6. The second kappa shape index (κ2) is 44.0. The van der Waals surface area contributed by atoms with Crippen LogP contribution in [0.15, 0.2) is 0 Å². The number of carbonyl (C=O) groups is 2. The maximum absolute atomic E-state index is 12.2. The zero-order chi connectivity index (χ0) is 36.5. The molecule has 0 radical (unpaired) electrons. The second-order valence-corrected chi connectivity index (χ2v) is 14.5. The number of hydrogen-bond donors (Lipinski definition) is 3. The van der Waals surface area contributed by atoms with Crippen LogP contribution in [0.1, 0.15) is 221 Å². The number of nitrogens with two attached hydrogens (primary N) is 3. The van der Waals surface area contributed by atoms with Crippen molar-refractivity contribution in [1.82, 2.24) is 4.90 Å². The van der Waals surface area contributed by atoms with Crippen LogP contribution in [0.2, 0.25) is 0 Å². The van der Waals surface area contributed by atoms with Crippen LogP contribution in [0.4, 0.5) is 0 Å². The number of carbonyl (C=O) groups excluding carboxylic acids is 2. The van der Waals surface area contributed by atoms with E-state index in [1.807, 2.05) is 18.7 Å². The highest BCUT2D eigenvalue weighted by atomic mass is 16.2. The van der Waals surface area contributed by atoms with Crippen molar-refractivity contribution in [2.45, 2.75) is 227 Å². The van der Waals surface area contributed by atoms with Crippen molar-refractivity contribution in [1.29, 1.82) is 0 Å². The van der Waals surface area contributed by atoms with E-state index >= 15 is 0 Å². The average Bonchev–Trinajstić information content (AvgIpc) is 3.08. The minimum atomic E-state index is -0.281. The number of unbranched alkanes of at least 4 members (excludes halogenated alkanes) is 23. The maximum Gasteiger partial charge on any atom is 0.236 e. The molecule has 1 unspecified atom stereocenters. The van der Waals surface area contributed by atoms with Gasteiger partial charge in [-0.05, 0) is 32.2 Å². The van der Waals surface area contributed by atoms with Crippen LogP contribution in [-0.2, 0) is 9.59 Å². The van der Waals surface area contributed by atoms with Crippen molar-refractivity contribution in [2.75, 3.05) is 26.2 Å². The fourth-order valence-electron chi connectivity index (χ4n) is 5.86. The summed E-state index contributed by atoms with van der Waals surface area (Å²) < 4.78 is 0. The minimum absolute atomic E-state index is 0.0536. The van der Waals surface area contributed by atoms with E-state index in [1.165, 1.54) is 148 Å². The van der Waals surface area contributed by atoms with Gasteiger partial charge in [-0.2, -0.15) is 0 Å². The van der Waals surface area contributed by atoms with Crippen LogP contribution in [0.25, 0.3) is 0 Å². The molecule has 1 amide bonds. The lowest BCUT2D eigenvalue weighted by Gasteiger charge is -2.22. The SMILES string of the molecule is CC(C)C(=O)C(N)CCCCN.CCC.CCCCCCCCCCCCCCN(CCCCCCCCCCCCCC)C(=O)CN. The van der Waals surface area contributed by atoms with Crippen LogP contribution in [-0.4, -0.2) is 48.8 Å². The predicted octanol–water partition coefficient (Wildman–Crippen LogP) is 11.3. The molecule has 6 nitrogen and oxygen atoms in total. The van der Waals surface area contributed by atoms with E-state index in [1.54, 1.807) is 0 Å². The fraction of sp³-hybridized carbons (Fsp3) is 0.952. The first-order chi connectivity index (χ1) is 23.3. The Morgan fingerprint density at radius 2 is 0.812 bits per heavy atom. The third-order valence-corrected chi connectivity index (χ3v) is 8.99. The van der Waals surface area contributed by atoms with Crippen molar-refractivity contribution in [2.24, 2.45) is 23.1 Å². The van der Waals surface area contributed by atoms with E-state index in [4.69, 9.17) is 17.2 Å². The molecule has 6 heteroatoms. The Kier molecular flexibility index (Phi) is 47.2. The molecule has 0 heterocycles. The Morgan fingerprint density at radius 1 is 0.500 bits per heavy atom. The molecule has 0 aliphatic heterocycles. The molecule has 0 aliphatic rings. The van der Waals surface area contributed by atoms with Gasteiger partial charge in [0, 0.05) is 19.0 Å². The van der Waals surface area contributed by atoms with Gasteiger partial charge in [-0.3, -0.25) is 9.59 Å². The van der Waals surface area contributed by atoms with Crippen molar-refractivity contribution < 1.29 is 9.59 Å². The first-order valence-corrected chi connectivity index (χ1v) is 21.2. The van der Waals surface area contributed by atoms with Crippen LogP contribution < -0.4 is 17.2 Å². The van der Waals surface area contributed by atoms with E-state index in [-0.39, 0.29) is 30.2 Å². The quantitative estimate of drug-likeness (QED) is 0.0596. The lowest BCUT2D eigenvalue weighted by Crippen LogP contribution is -2.37. The Morgan fingerprint density at radius 3 is 1.08 bits per heavy atom. The fourth-order valence-corrected chi connectivity index (χ4v) is 5.86. The van der Waals surface area contributed by atoms with E-state index in [0.29, 0.717) is 6.54 Å². The smallest absolute Gasteiger partial charge is 0.236 e. The number of Topliss-reactive ketones (excluding diaryl/α,β-unsaturated/α-hetero) is 1. The van der Waals surface area contributed by atoms with Crippen LogP contribution >= 0.6 is 0 Å². The van der Waals surface area contributed by atoms with Crippen molar-refractivity contribution in [3.8, 4) is 0 Å². The highest BCUT2D eigenvalue weighted by molar-refractivity contribution is 5.85. The van der Waals surface area contributed by atoms with E-state index in [0.717, 1.165) is 45.2 Å². The molecule has 0 saturated heterocycles. The molecule has 290 valence electrons. The molecule has 0 aromatic heterocycles. The number of rotatable bonds is 33. The summed E-state index contributed by atoms with van der Waals surface area (Å²) in [6, 6.07) is -0.281. The topological polar surface area (TPSA) is 115 Å². The standard InChI is InChI=1S/C30H62N2O.C9H20N2O.C3H8/c1-3-5-7-9-11-13-15-17-19-21-23-25-27-32(30(33)29-31)28-26-24-22-20-18-16-14-12-10-8-6-4-2;1-7(2)9(12)8(11)5-3-4-6-10;1-3-2/h3-29,31H2,1-2H3;7-8H,3-6,10-11H2,1-2H3;3H2,1-2H3. The molecule has 0 fully saturated rings. The zero-order valence-electron chi connectivity index (χ0n) is 33.8. The highest BCUT2D eigenvalue weighted by Crippen LogP contribution is 2.14. The Labute approximate surface area is 302 Å². The minimum Gasteiger partial charge on any atom is -0.342 e. The van der Waals surface area contributed by atoms with Crippen molar-refractivity contribution >= 4 is 11.7 Å². The third-order valence-electron chi connectivity index (χ3n) is 8.99. The van der Waals surface area contributed by atoms with Gasteiger partial charge in [0.25, 0.3) is 0 Å². The van der Waals surface area contributed by atoms with Gasteiger partial charge in [0.1, 0.15) is 0 Å². The number of nitrogens with zero attached hydrogens (tertiary/aromatic N) is 1. The Hall–Kier alpha value is -0.980. The molecule has 1 atom stereocenters. The lowest BCUT2D eigenvalue weighted by atomic mass is 9.98. The zero-order valence-corrected chi connectivity index (χ0v) is 33.8. The van der Waals surface area contributed by atoms with Gasteiger partial charge in [-0.1, -0.05) is 196 Å². The Bertz CT molecular complexity index is 601. The van der Waals surface area contributed by atoms with Gasteiger partial charge in [-0.15, -0.1) is 0 Å². The molecule has 0 saturated carbocycles. The molecule has 0 aromatic rings. The molecule has 0 bridgehead atoms. The molecule has 48 heavy (non-hydrogen) atoms. The summed E-state index contributed by atoms with van der Waals surface area (Å²) in [6.45, 7) is 15.2. The monoisotopic (exact) mass is 683 g/mol. The van der Waals surface area contributed by atoms with Crippen LogP contribution in [0, 0.1) is 5.92 Å². The molecule has 0 aromatic carbocycles. The van der Waals surface area contributed by atoms with E-state index < -0.39 is 0 Å². The molecular weight excluding hydrogens is 592 g/mol. The first kappa shape index (κ1) is 51.4. The van der Waals surface area contributed by atoms with Gasteiger partial charge >= 0.3 is 0 Å². The van der Waals surface area contributed by atoms with E-state index in [2.05, 4.69) is 27.7 Å². The molecule has 0 rings (SSSR count).